The lowest BCUT2D eigenvalue weighted by molar-refractivity contribution is -0.393. The number of hydrazone groups is 1. The van der Waals surface area contributed by atoms with Gasteiger partial charge in [-0.3, -0.25) is 25.7 Å². The third-order valence-electron chi connectivity index (χ3n) is 10.2. The maximum Gasteiger partial charge on any atom is 0.301 e. The van der Waals surface area contributed by atoms with Gasteiger partial charge in [0.2, 0.25) is 0 Å². The molecule has 0 aromatic heterocycles. The molecule has 4 aliphatic carbocycles. The molecule has 6 atom stereocenters. The van der Waals surface area contributed by atoms with Gasteiger partial charge in [-0.05, 0) is 99.0 Å². The molecule has 35 heavy (non-hydrogen) atoms. The van der Waals surface area contributed by atoms with Crippen LogP contribution in [0.1, 0.15) is 72.1 Å². The third kappa shape index (κ3) is 3.66. The molecular formula is C26H34N4O5. The molecule has 9 nitrogen and oxygen atoms in total. The quantitative estimate of drug-likeness (QED) is 0.401. The van der Waals surface area contributed by atoms with Crippen LogP contribution in [0.2, 0.25) is 0 Å². The fraction of sp³-hybridized carbons (Fsp3) is 0.654. The van der Waals surface area contributed by atoms with E-state index in [2.05, 4.69) is 30.5 Å². The van der Waals surface area contributed by atoms with Crippen molar-refractivity contribution >= 4 is 22.8 Å². The second-order valence-electron chi connectivity index (χ2n) is 11.7. The van der Waals surface area contributed by atoms with Gasteiger partial charge in [0.15, 0.2) is 0 Å². The number of non-ortho nitro benzene ring substituents is 1. The fourth-order valence-corrected chi connectivity index (χ4v) is 7.91. The minimum Gasteiger partial charge on any atom is -0.390 e. The van der Waals surface area contributed by atoms with E-state index in [1.54, 1.807) is 0 Å². The van der Waals surface area contributed by atoms with Crippen molar-refractivity contribution in [3.63, 3.8) is 0 Å². The Kier molecular flexibility index (Phi) is 5.54. The normalized spacial score (nSPS) is 39.3. The molecule has 9 heteroatoms. The molecule has 4 aliphatic rings. The molecule has 0 bridgehead atoms. The highest BCUT2D eigenvalue weighted by Crippen LogP contribution is 2.67. The van der Waals surface area contributed by atoms with E-state index in [4.69, 9.17) is 0 Å². The van der Waals surface area contributed by atoms with Gasteiger partial charge in [0, 0.05) is 6.07 Å². The Hall–Kier alpha value is -2.81. The van der Waals surface area contributed by atoms with Crippen molar-refractivity contribution in [1.29, 1.82) is 0 Å². The largest absolute Gasteiger partial charge is 0.390 e. The van der Waals surface area contributed by atoms with Crippen molar-refractivity contribution in [1.82, 2.24) is 0 Å². The molecule has 0 heterocycles. The number of benzene rings is 1. The van der Waals surface area contributed by atoms with Crippen LogP contribution in [0, 0.1) is 48.8 Å². The van der Waals surface area contributed by atoms with Crippen molar-refractivity contribution in [2.24, 2.45) is 33.7 Å². The zero-order valence-corrected chi connectivity index (χ0v) is 20.6. The molecule has 0 spiro atoms. The first kappa shape index (κ1) is 23.9. The molecule has 1 aromatic carbocycles. The standard InChI is InChI=1S/C26H34N4O5/c1-24-11-8-17(27-28-22-7-5-18(29(32)33)15-23(22)30(34)35)14-16(24)4-6-19-20(24)9-12-25(2)21(19)10-13-26(25,3)31/h5,7,14-15,19-21,28,31H,4,6,8-13H2,1-3H3/b27-17-. The first-order valence-electron chi connectivity index (χ1n) is 12.7. The average molecular weight is 483 g/mol. The summed E-state index contributed by atoms with van der Waals surface area (Å²) in [6.07, 6.45) is 10.3. The lowest BCUT2D eigenvalue weighted by Gasteiger charge is -2.59. The zero-order valence-electron chi connectivity index (χ0n) is 20.6. The second kappa shape index (κ2) is 8.11. The summed E-state index contributed by atoms with van der Waals surface area (Å²) >= 11 is 0. The van der Waals surface area contributed by atoms with Crippen molar-refractivity contribution in [3.05, 3.63) is 50.1 Å². The number of nitro groups is 2. The van der Waals surface area contributed by atoms with E-state index in [1.807, 2.05) is 6.92 Å². The van der Waals surface area contributed by atoms with E-state index in [0.29, 0.717) is 17.8 Å². The average Bonchev–Trinajstić information content (AvgIpc) is 3.06. The summed E-state index contributed by atoms with van der Waals surface area (Å²) in [5.41, 5.74) is 4.07. The predicted molar refractivity (Wildman–Crippen MR) is 133 cm³/mol. The van der Waals surface area contributed by atoms with E-state index in [9.17, 15) is 25.3 Å². The second-order valence-corrected chi connectivity index (χ2v) is 11.7. The van der Waals surface area contributed by atoms with Crippen LogP contribution in [-0.2, 0) is 0 Å². The number of anilines is 1. The van der Waals surface area contributed by atoms with Crippen molar-refractivity contribution in [3.8, 4) is 0 Å². The molecular weight excluding hydrogens is 448 g/mol. The molecule has 188 valence electrons. The molecule has 0 aliphatic heterocycles. The van der Waals surface area contributed by atoms with Gasteiger partial charge in [-0.2, -0.15) is 5.10 Å². The maximum atomic E-state index is 11.4. The Balaban J connectivity index is 1.37. The number of hydrogen-bond donors (Lipinski definition) is 2. The van der Waals surface area contributed by atoms with Gasteiger partial charge < -0.3 is 5.11 Å². The first-order valence-corrected chi connectivity index (χ1v) is 12.7. The molecule has 3 fully saturated rings. The molecule has 0 radical (unpaired) electrons. The Bertz CT molecular complexity index is 1140. The molecule has 0 saturated heterocycles. The number of nitrogens with one attached hydrogen (secondary N) is 1. The van der Waals surface area contributed by atoms with E-state index in [1.165, 1.54) is 17.7 Å². The van der Waals surface area contributed by atoms with E-state index < -0.39 is 15.4 Å². The van der Waals surface area contributed by atoms with Gasteiger partial charge in [-0.25, -0.2) is 0 Å². The van der Waals surface area contributed by atoms with E-state index in [-0.39, 0.29) is 27.9 Å². The highest BCUT2D eigenvalue weighted by atomic mass is 16.6. The summed E-state index contributed by atoms with van der Waals surface area (Å²) in [6, 6.07) is 3.53. The van der Waals surface area contributed by atoms with Crippen LogP contribution >= 0.6 is 0 Å². The fourth-order valence-electron chi connectivity index (χ4n) is 7.91. The van der Waals surface area contributed by atoms with Gasteiger partial charge in [0.25, 0.3) is 5.69 Å². The minimum atomic E-state index is -0.647. The highest BCUT2D eigenvalue weighted by molar-refractivity contribution is 5.97. The predicted octanol–water partition coefficient (Wildman–Crippen LogP) is 5.98. The Labute approximate surface area is 205 Å². The van der Waals surface area contributed by atoms with Crippen LogP contribution in [0.15, 0.2) is 34.9 Å². The molecule has 3 saturated carbocycles. The minimum absolute atomic E-state index is 0.0103. The number of rotatable bonds is 4. The summed E-state index contributed by atoms with van der Waals surface area (Å²) in [7, 11) is 0. The number of aliphatic hydroxyl groups is 1. The molecule has 5 rings (SSSR count). The maximum absolute atomic E-state index is 11.4. The van der Waals surface area contributed by atoms with Crippen molar-refractivity contribution in [2.45, 2.75) is 77.7 Å². The SMILES string of the molecule is CC12CC/C(=N/Nc3ccc([N+](=O)[O-])cc3[N+](=O)[O-])C=C1CCC1C2CCC2(C)C1CCC2(C)O. The summed E-state index contributed by atoms with van der Waals surface area (Å²) in [6.45, 7) is 6.74. The lowest BCUT2D eigenvalue weighted by atomic mass is 9.46. The van der Waals surface area contributed by atoms with Gasteiger partial charge in [0.1, 0.15) is 5.69 Å². The lowest BCUT2D eigenvalue weighted by Crippen LogP contribution is -2.53. The van der Waals surface area contributed by atoms with Crippen LogP contribution in [0.25, 0.3) is 0 Å². The number of fused-ring (bicyclic) bond motifs is 5. The molecule has 2 N–H and O–H groups in total. The van der Waals surface area contributed by atoms with Crippen LogP contribution in [0.4, 0.5) is 17.1 Å². The van der Waals surface area contributed by atoms with E-state index >= 15 is 0 Å². The van der Waals surface area contributed by atoms with Crippen LogP contribution in [-0.4, -0.2) is 26.3 Å². The third-order valence-corrected chi connectivity index (χ3v) is 10.2. The summed E-state index contributed by atoms with van der Waals surface area (Å²) in [5, 5.41) is 38.0. The molecule has 1 aromatic rings. The number of nitrogens with zero attached hydrogens (tertiary/aromatic N) is 3. The van der Waals surface area contributed by atoms with Crippen molar-refractivity contribution in [2.75, 3.05) is 5.43 Å². The highest BCUT2D eigenvalue weighted by Gasteiger charge is 2.62. The summed E-state index contributed by atoms with van der Waals surface area (Å²) in [4.78, 5) is 21.1. The molecule has 6 unspecified atom stereocenters. The first-order chi connectivity index (χ1) is 16.5. The molecule has 0 amide bonds. The number of nitro benzene ring substituents is 2. The van der Waals surface area contributed by atoms with E-state index in [0.717, 1.165) is 63.1 Å². The van der Waals surface area contributed by atoms with Gasteiger partial charge >= 0.3 is 5.69 Å². The van der Waals surface area contributed by atoms with Crippen LogP contribution in [0.5, 0.6) is 0 Å². The number of hydrogen-bond acceptors (Lipinski definition) is 7. The van der Waals surface area contributed by atoms with Crippen LogP contribution < -0.4 is 5.43 Å². The topological polar surface area (TPSA) is 131 Å². The van der Waals surface area contributed by atoms with Gasteiger partial charge in [-0.15, -0.1) is 0 Å². The monoisotopic (exact) mass is 482 g/mol. The smallest absolute Gasteiger partial charge is 0.301 e. The Morgan fingerprint density at radius 3 is 2.46 bits per heavy atom. The van der Waals surface area contributed by atoms with Gasteiger partial charge in [0.05, 0.1) is 27.2 Å². The van der Waals surface area contributed by atoms with Crippen molar-refractivity contribution < 1.29 is 15.0 Å². The van der Waals surface area contributed by atoms with Gasteiger partial charge in [-0.1, -0.05) is 19.4 Å². The Morgan fingerprint density at radius 1 is 1.00 bits per heavy atom. The van der Waals surface area contributed by atoms with Crippen LogP contribution in [0.3, 0.4) is 0 Å². The summed E-state index contributed by atoms with van der Waals surface area (Å²) < 4.78 is 0. The zero-order chi connectivity index (χ0) is 25.2. The summed E-state index contributed by atoms with van der Waals surface area (Å²) in [5.74, 6) is 1.83. The number of allylic oxidation sites excluding steroid dienone is 2. The Morgan fingerprint density at radius 2 is 1.74 bits per heavy atom.